The van der Waals surface area contributed by atoms with Gasteiger partial charge in [0.2, 0.25) is 17.8 Å². The van der Waals surface area contributed by atoms with Gasteiger partial charge < -0.3 is 20.2 Å². The molecule has 0 aliphatic carbocycles. The van der Waals surface area contributed by atoms with E-state index >= 15 is 0 Å². The smallest absolute Gasteiger partial charge is 0.325 e. The lowest BCUT2D eigenvalue weighted by Crippen LogP contribution is -2.53. The zero-order chi connectivity index (χ0) is 28.5. The maximum Gasteiger partial charge on any atom is 0.325 e. The summed E-state index contributed by atoms with van der Waals surface area (Å²) in [4.78, 5) is 46.4. The molecule has 0 spiro atoms. The highest BCUT2D eigenvalue weighted by Crippen LogP contribution is 2.26. The third-order valence-corrected chi connectivity index (χ3v) is 6.28. The summed E-state index contributed by atoms with van der Waals surface area (Å²) in [5.41, 5.74) is 0.697. The van der Waals surface area contributed by atoms with Crippen molar-refractivity contribution in [1.29, 1.82) is 0 Å². The molecule has 4 rings (SSSR count). The molecular weight excluding hydrogens is 542 g/mol. The first kappa shape index (κ1) is 28.3. The van der Waals surface area contributed by atoms with Crippen molar-refractivity contribution in [2.45, 2.75) is 25.8 Å². The number of halogens is 1. The van der Waals surface area contributed by atoms with Crippen LogP contribution in [-0.2, 0) is 16.0 Å². The van der Waals surface area contributed by atoms with E-state index < -0.39 is 29.8 Å². The maximum absolute atomic E-state index is 13.7. The van der Waals surface area contributed by atoms with Crippen molar-refractivity contribution in [2.75, 3.05) is 25.5 Å². The van der Waals surface area contributed by atoms with E-state index in [4.69, 9.17) is 21.2 Å². The second-order valence-electron chi connectivity index (χ2n) is 8.75. The highest BCUT2D eigenvalue weighted by molar-refractivity contribution is 6.30. The number of H-pyrrole nitrogens is 1. The van der Waals surface area contributed by atoms with Crippen LogP contribution in [0.5, 0.6) is 11.5 Å². The molecule has 40 heavy (non-hydrogen) atoms. The van der Waals surface area contributed by atoms with Gasteiger partial charge in [-0.3, -0.25) is 19.8 Å². The number of nitrogens with zero attached hydrogens (tertiary/aromatic N) is 5. The number of tetrazole rings is 1. The van der Waals surface area contributed by atoms with Crippen LogP contribution in [0.3, 0.4) is 0 Å². The maximum atomic E-state index is 13.7. The van der Waals surface area contributed by atoms with Gasteiger partial charge in [-0.15, -0.1) is 0 Å². The van der Waals surface area contributed by atoms with Crippen molar-refractivity contribution < 1.29 is 24.0 Å². The summed E-state index contributed by atoms with van der Waals surface area (Å²) in [6.45, 7) is 1.65. The number of aromatic amines is 1. The number of benzene rings is 2. The molecule has 0 saturated carbocycles. The van der Waals surface area contributed by atoms with Crippen LogP contribution in [-0.4, -0.2) is 75.4 Å². The Labute approximate surface area is 234 Å². The average molecular weight is 570 g/mol. The summed E-state index contributed by atoms with van der Waals surface area (Å²) in [7, 11) is 1.52. The molecule has 1 aliphatic rings. The van der Waals surface area contributed by atoms with Gasteiger partial charge in [0.15, 0.2) is 11.6 Å². The number of methoxy groups -OCH3 is 1. The van der Waals surface area contributed by atoms with E-state index in [0.29, 0.717) is 22.1 Å². The molecular formula is C25H28ClN9O5. The summed E-state index contributed by atoms with van der Waals surface area (Å²) >= 11 is 6.20. The van der Waals surface area contributed by atoms with Crippen LogP contribution in [0.1, 0.15) is 18.9 Å². The number of hydrogen-bond acceptors (Lipinski definition) is 9. The van der Waals surface area contributed by atoms with Gasteiger partial charge in [0.1, 0.15) is 11.8 Å². The molecule has 2 aromatic carbocycles. The highest BCUT2D eigenvalue weighted by atomic mass is 35.5. The van der Waals surface area contributed by atoms with Gasteiger partial charge in [0.05, 0.1) is 19.6 Å². The Kier molecular flexibility index (Phi) is 9.46. The molecule has 0 radical (unpaired) electrons. The molecule has 15 heteroatoms. The molecule has 3 aromatic rings. The van der Waals surface area contributed by atoms with Gasteiger partial charge in [0.25, 0.3) is 0 Å². The third kappa shape index (κ3) is 7.22. The van der Waals surface area contributed by atoms with Gasteiger partial charge >= 0.3 is 6.03 Å². The van der Waals surface area contributed by atoms with E-state index in [1.807, 2.05) is 6.07 Å². The minimum Gasteiger partial charge on any atom is -0.496 e. The summed E-state index contributed by atoms with van der Waals surface area (Å²) in [6.07, 6.45) is 0.461. The van der Waals surface area contributed by atoms with Gasteiger partial charge in [-0.25, -0.2) is 9.89 Å². The zero-order valence-electron chi connectivity index (χ0n) is 21.8. The molecule has 4 amide bonds. The fourth-order valence-electron chi connectivity index (χ4n) is 3.98. The van der Waals surface area contributed by atoms with E-state index in [1.165, 1.54) is 7.11 Å². The monoisotopic (exact) mass is 569 g/mol. The van der Waals surface area contributed by atoms with Gasteiger partial charge in [-0.2, -0.15) is 0 Å². The quantitative estimate of drug-likeness (QED) is 0.281. The number of para-hydroxylation sites is 1. The van der Waals surface area contributed by atoms with E-state index in [2.05, 4.69) is 41.7 Å². The number of carbonyl (C=O) groups is 3. The number of aromatic nitrogens is 4. The Morgan fingerprint density at radius 3 is 2.75 bits per heavy atom. The standard InChI is InChI=1S/C25H28ClN9O5/c1-3-19(22(36)29-24-30-33-34-31-24)28-25(38)35-14-21(32-40-18-7-5-4-6-8-18)27-13-16(23(35)37)11-15-12-17(26)9-10-20(15)39-2/h4-10,12,16,19H,3,11,13-14H2,1-2H3,(H,27,32)(H,28,38)(H2,29,30,31,33,34,36)/t16-,19-/m1/s1. The SMILES string of the molecule is CC[C@@H](NC(=O)N1C/C(=N/Oc2ccccc2)NC[C@@H](Cc2cc(Cl)ccc2OC)C1=O)C(=O)Nc1nnn[nH]1. The van der Waals surface area contributed by atoms with Crippen LogP contribution >= 0.6 is 11.6 Å². The predicted octanol–water partition coefficient (Wildman–Crippen LogP) is 1.97. The number of urea groups is 1. The number of nitrogens with one attached hydrogen (secondary N) is 4. The molecule has 14 nitrogen and oxygen atoms in total. The van der Waals surface area contributed by atoms with Crippen molar-refractivity contribution in [2.24, 2.45) is 11.1 Å². The van der Waals surface area contributed by atoms with E-state index in [0.717, 1.165) is 4.90 Å². The zero-order valence-corrected chi connectivity index (χ0v) is 22.5. The number of ether oxygens (including phenoxy) is 1. The fraction of sp³-hybridized carbons (Fsp3) is 0.320. The van der Waals surface area contributed by atoms with Crippen molar-refractivity contribution >= 4 is 41.2 Å². The Balaban J connectivity index is 1.56. The van der Waals surface area contributed by atoms with Gasteiger partial charge in [0, 0.05) is 11.6 Å². The molecule has 4 N–H and O–H groups in total. The van der Waals surface area contributed by atoms with Crippen LogP contribution in [0.25, 0.3) is 0 Å². The number of oxime groups is 1. The molecule has 1 aliphatic heterocycles. The Morgan fingerprint density at radius 1 is 1.25 bits per heavy atom. The van der Waals surface area contributed by atoms with Crippen molar-refractivity contribution in [3.63, 3.8) is 0 Å². The summed E-state index contributed by atoms with van der Waals surface area (Å²) < 4.78 is 5.44. The molecule has 2 atom stereocenters. The molecule has 2 heterocycles. The first-order valence-corrected chi connectivity index (χ1v) is 12.8. The Hall–Kier alpha value is -4.72. The van der Waals surface area contributed by atoms with Crippen LogP contribution in [0.15, 0.2) is 53.7 Å². The molecule has 1 saturated heterocycles. The Morgan fingerprint density at radius 2 is 2.05 bits per heavy atom. The summed E-state index contributed by atoms with van der Waals surface area (Å²) in [5.74, 6) is -0.426. The number of amides is 4. The molecule has 210 valence electrons. The number of hydrogen-bond donors (Lipinski definition) is 4. The third-order valence-electron chi connectivity index (χ3n) is 6.04. The lowest BCUT2D eigenvalue weighted by atomic mass is 9.97. The molecule has 0 bridgehead atoms. The highest BCUT2D eigenvalue weighted by Gasteiger charge is 2.35. The van der Waals surface area contributed by atoms with Crippen LogP contribution in [0, 0.1) is 5.92 Å². The van der Waals surface area contributed by atoms with Crippen LogP contribution in [0.2, 0.25) is 5.02 Å². The summed E-state index contributed by atoms with van der Waals surface area (Å²) in [5, 5.41) is 25.7. The summed E-state index contributed by atoms with van der Waals surface area (Å²) in [6, 6.07) is 12.2. The van der Waals surface area contributed by atoms with Crippen LogP contribution in [0.4, 0.5) is 10.7 Å². The molecule has 0 unspecified atom stereocenters. The first-order chi connectivity index (χ1) is 19.4. The van der Waals surface area contributed by atoms with E-state index in [-0.39, 0.29) is 37.7 Å². The molecule has 1 fully saturated rings. The second-order valence-corrected chi connectivity index (χ2v) is 9.19. The first-order valence-electron chi connectivity index (χ1n) is 12.4. The normalized spacial score (nSPS) is 17.0. The predicted molar refractivity (Wildman–Crippen MR) is 145 cm³/mol. The second kappa shape index (κ2) is 13.4. The average Bonchev–Trinajstić information content (AvgIpc) is 3.42. The van der Waals surface area contributed by atoms with Crippen molar-refractivity contribution in [1.82, 2.24) is 36.2 Å². The number of imide groups is 1. The van der Waals surface area contributed by atoms with Gasteiger partial charge in [-0.05, 0) is 59.2 Å². The number of rotatable bonds is 9. The van der Waals surface area contributed by atoms with Gasteiger partial charge in [-0.1, -0.05) is 47.0 Å². The van der Waals surface area contributed by atoms with Crippen LogP contribution < -0.4 is 25.5 Å². The largest absolute Gasteiger partial charge is 0.496 e. The minimum absolute atomic E-state index is 0.0239. The number of amidine groups is 1. The topological polar surface area (TPSA) is 176 Å². The lowest BCUT2D eigenvalue weighted by molar-refractivity contribution is -0.131. The van der Waals surface area contributed by atoms with Crippen molar-refractivity contribution in [3.8, 4) is 11.5 Å². The minimum atomic E-state index is -0.978. The Bertz CT molecular complexity index is 1350. The van der Waals surface area contributed by atoms with E-state index in [9.17, 15) is 14.4 Å². The fourth-order valence-corrected chi connectivity index (χ4v) is 4.18. The van der Waals surface area contributed by atoms with E-state index in [1.54, 1.807) is 49.4 Å². The number of anilines is 1. The molecule has 1 aromatic heterocycles. The lowest BCUT2D eigenvalue weighted by Gasteiger charge is -2.25. The number of carbonyl (C=O) groups excluding carboxylic acids is 3. The van der Waals surface area contributed by atoms with Crippen molar-refractivity contribution in [3.05, 3.63) is 59.1 Å².